The summed E-state index contributed by atoms with van der Waals surface area (Å²) >= 11 is 0. The Bertz CT molecular complexity index is 998. The number of nitrogens with two attached hydrogens (primary N) is 1. The average Bonchev–Trinajstić information content (AvgIpc) is 2.65. The van der Waals surface area contributed by atoms with Crippen LogP contribution in [-0.4, -0.2) is 16.9 Å². The minimum absolute atomic E-state index is 0.0917. The van der Waals surface area contributed by atoms with E-state index < -0.39 is 0 Å². The van der Waals surface area contributed by atoms with E-state index >= 15 is 0 Å². The molecule has 0 aliphatic carbocycles. The largest absolute Gasteiger partial charge is 0.508 e. The smallest absolute Gasteiger partial charge is 0.255 e. The van der Waals surface area contributed by atoms with Crippen molar-refractivity contribution in [1.29, 1.82) is 0 Å². The Balaban J connectivity index is 1.76. The molecule has 0 aliphatic heterocycles. The van der Waals surface area contributed by atoms with Crippen molar-refractivity contribution in [1.82, 2.24) is 0 Å². The van der Waals surface area contributed by atoms with Crippen molar-refractivity contribution in [3.05, 3.63) is 83.4 Å². The van der Waals surface area contributed by atoms with Crippen molar-refractivity contribution >= 4 is 28.9 Å². The normalized spacial score (nSPS) is 10.3. The molecule has 0 bridgehead atoms. The Morgan fingerprint density at radius 3 is 2.26 bits per heavy atom. The zero-order valence-corrected chi connectivity index (χ0v) is 14.7. The van der Waals surface area contributed by atoms with Gasteiger partial charge in [-0.1, -0.05) is 12.1 Å². The van der Waals surface area contributed by atoms with Crippen LogP contribution in [0.2, 0.25) is 0 Å². The van der Waals surface area contributed by atoms with Gasteiger partial charge in [-0.2, -0.15) is 0 Å². The van der Waals surface area contributed by atoms with Crippen LogP contribution in [0.5, 0.6) is 5.75 Å². The molecule has 0 aromatic heterocycles. The molecule has 0 saturated heterocycles. The molecule has 0 spiro atoms. The Hall–Kier alpha value is -3.80. The van der Waals surface area contributed by atoms with E-state index in [1.165, 1.54) is 24.3 Å². The molecule has 0 atom stereocenters. The fraction of sp³-hybridized carbons (Fsp3) is 0.0476. The molecule has 6 nitrogen and oxygen atoms in total. The van der Waals surface area contributed by atoms with Gasteiger partial charge in [0.15, 0.2) is 0 Å². The third-order valence-corrected chi connectivity index (χ3v) is 4.02. The predicted octanol–water partition coefficient (Wildman–Crippen LogP) is 3.79. The Morgan fingerprint density at radius 1 is 0.852 bits per heavy atom. The highest BCUT2D eigenvalue weighted by molar-refractivity contribution is 6.07. The first-order chi connectivity index (χ1) is 12.9. The molecule has 5 N–H and O–H groups in total. The standard InChI is InChI=1S/C21H19N3O3/c1-13-5-8-17(23-21(27)15-3-2-4-16(22)11-15)12-19(13)24-20(26)14-6-9-18(25)10-7-14/h2-12,25H,22H2,1H3,(H,23,27)(H,24,26). The van der Waals surface area contributed by atoms with Crippen LogP contribution in [0.15, 0.2) is 66.7 Å². The average molecular weight is 361 g/mol. The Morgan fingerprint density at radius 2 is 1.56 bits per heavy atom. The number of rotatable bonds is 4. The van der Waals surface area contributed by atoms with Gasteiger partial charge in [0.1, 0.15) is 5.75 Å². The summed E-state index contributed by atoms with van der Waals surface area (Å²) in [6, 6.07) is 17.9. The van der Waals surface area contributed by atoms with Crippen molar-refractivity contribution < 1.29 is 14.7 Å². The maximum atomic E-state index is 12.4. The molecule has 0 fully saturated rings. The van der Waals surface area contributed by atoms with Crippen LogP contribution in [0.25, 0.3) is 0 Å². The number of aromatic hydroxyl groups is 1. The van der Waals surface area contributed by atoms with Gasteiger partial charge < -0.3 is 21.5 Å². The molecule has 0 aliphatic rings. The first-order valence-electron chi connectivity index (χ1n) is 8.30. The number of anilines is 3. The van der Waals surface area contributed by atoms with E-state index in [4.69, 9.17) is 5.73 Å². The molecule has 136 valence electrons. The number of amides is 2. The minimum atomic E-state index is -0.308. The van der Waals surface area contributed by atoms with Gasteiger partial charge in [0.25, 0.3) is 11.8 Å². The van der Waals surface area contributed by atoms with Gasteiger partial charge in [0, 0.05) is 28.2 Å². The maximum Gasteiger partial charge on any atom is 0.255 e. The monoisotopic (exact) mass is 361 g/mol. The maximum absolute atomic E-state index is 12.4. The van der Waals surface area contributed by atoms with Gasteiger partial charge >= 0.3 is 0 Å². The lowest BCUT2D eigenvalue weighted by molar-refractivity contribution is 0.101. The lowest BCUT2D eigenvalue weighted by Gasteiger charge is -2.12. The molecule has 0 saturated carbocycles. The molecule has 0 heterocycles. The van der Waals surface area contributed by atoms with E-state index in [1.54, 1.807) is 42.5 Å². The summed E-state index contributed by atoms with van der Waals surface area (Å²) in [7, 11) is 0. The third-order valence-electron chi connectivity index (χ3n) is 4.02. The predicted molar refractivity (Wildman–Crippen MR) is 106 cm³/mol. The van der Waals surface area contributed by atoms with Crippen molar-refractivity contribution in [2.75, 3.05) is 16.4 Å². The van der Waals surface area contributed by atoms with Gasteiger partial charge in [-0.25, -0.2) is 0 Å². The highest BCUT2D eigenvalue weighted by atomic mass is 16.3. The van der Waals surface area contributed by atoms with E-state index in [0.717, 1.165) is 5.56 Å². The van der Waals surface area contributed by atoms with E-state index in [-0.39, 0.29) is 17.6 Å². The third kappa shape index (κ3) is 4.43. The number of aryl methyl sites for hydroxylation is 1. The minimum Gasteiger partial charge on any atom is -0.508 e. The molecule has 6 heteroatoms. The number of hydrogen-bond acceptors (Lipinski definition) is 4. The second kappa shape index (κ2) is 7.61. The molecule has 3 aromatic carbocycles. The highest BCUT2D eigenvalue weighted by Gasteiger charge is 2.11. The van der Waals surface area contributed by atoms with Crippen LogP contribution in [0.4, 0.5) is 17.1 Å². The van der Waals surface area contributed by atoms with Crippen molar-refractivity contribution in [2.24, 2.45) is 0 Å². The van der Waals surface area contributed by atoms with Gasteiger partial charge in [0.2, 0.25) is 0 Å². The number of hydrogen-bond donors (Lipinski definition) is 4. The summed E-state index contributed by atoms with van der Waals surface area (Å²) in [5.74, 6) is -0.506. The summed E-state index contributed by atoms with van der Waals surface area (Å²) in [5, 5.41) is 14.9. The summed E-state index contributed by atoms with van der Waals surface area (Å²) in [5.41, 5.74) is 9.07. The second-order valence-corrected chi connectivity index (χ2v) is 6.11. The Labute approximate surface area is 156 Å². The lowest BCUT2D eigenvalue weighted by atomic mass is 10.1. The van der Waals surface area contributed by atoms with Crippen molar-refractivity contribution in [3.63, 3.8) is 0 Å². The molecule has 2 amide bonds. The first-order valence-corrected chi connectivity index (χ1v) is 8.30. The SMILES string of the molecule is Cc1ccc(NC(=O)c2cccc(N)c2)cc1NC(=O)c1ccc(O)cc1. The van der Waals surface area contributed by atoms with Crippen LogP contribution in [-0.2, 0) is 0 Å². The molecule has 27 heavy (non-hydrogen) atoms. The lowest BCUT2D eigenvalue weighted by Crippen LogP contribution is -2.15. The molecular formula is C21H19N3O3. The van der Waals surface area contributed by atoms with Gasteiger partial charge in [-0.3, -0.25) is 9.59 Å². The number of carbonyl (C=O) groups is 2. The number of nitrogens with one attached hydrogen (secondary N) is 2. The van der Waals surface area contributed by atoms with Gasteiger partial charge in [0.05, 0.1) is 0 Å². The van der Waals surface area contributed by atoms with E-state index in [9.17, 15) is 14.7 Å². The summed E-state index contributed by atoms with van der Waals surface area (Å²) in [4.78, 5) is 24.7. The topological polar surface area (TPSA) is 104 Å². The van der Waals surface area contributed by atoms with Crippen LogP contribution in [0, 0.1) is 6.92 Å². The molecule has 0 unspecified atom stereocenters. The molecule has 0 radical (unpaired) electrons. The molecule has 3 rings (SSSR count). The summed E-state index contributed by atoms with van der Waals surface area (Å²) < 4.78 is 0. The summed E-state index contributed by atoms with van der Waals surface area (Å²) in [6.07, 6.45) is 0. The van der Waals surface area contributed by atoms with Crippen LogP contribution >= 0.6 is 0 Å². The van der Waals surface area contributed by atoms with Crippen molar-refractivity contribution in [3.8, 4) is 5.75 Å². The molecular weight excluding hydrogens is 342 g/mol. The number of carbonyl (C=O) groups excluding carboxylic acids is 2. The van der Waals surface area contributed by atoms with E-state index in [1.807, 2.05) is 6.92 Å². The van der Waals surface area contributed by atoms with Crippen LogP contribution in [0.1, 0.15) is 26.3 Å². The Kier molecular flexibility index (Phi) is 5.08. The fourth-order valence-electron chi connectivity index (χ4n) is 2.52. The van der Waals surface area contributed by atoms with E-state index in [2.05, 4.69) is 10.6 Å². The molecule has 3 aromatic rings. The zero-order chi connectivity index (χ0) is 19.4. The number of benzene rings is 3. The highest BCUT2D eigenvalue weighted by Crippen LogP contribution is 2.22. The first kappa shape index (κ1) is 18.0. The second-order valence-electron chi connectivity index (χ2n) is 6.11. The quantitative estimate of drug-likeness (QED) is 0.531. The number of nitrogen functional groups attached to an aromatic ring is 1. The summed E-state index contributed by atoms with van der Waals surface area (Å²) in [6.45, 7) is 1.86. The van der Waals surface area contributed by atoms with Gasteiger partial charge in [-0.05, 0) is 67.1 Å². The number of phenols is 1. The van der Waals surface area contributed by atoms with Gasteiger partial charge in [-0.15, -0.1) is 0 Å². The van der Waals surface area contributed by atoms with Crippen LogP contribution < -0.4 is 16.4 Å². The van der Waals surface area contributed by atoms with Crippen molar-refractivity contribution in [2.45, 2.75) is 6.92 Å². The number of phenolic OH excluding ortho intramolecular Hbond substituents is 1. The van der Waals surface area contributed by atoms with Crippen LogP contribution in [0.3, 0.4) is 0 Å². The fourth-order valence-corrected chi connectivity index (χ4v) is 2.52. The van der Waals surface area contributed by atoms with E-state index in [0.29, 0.717) is 28.2 Å². The zero-order valence-electron chi connectivity index (χ0n) is 14.7.